The number of nitrogens with zero attached hydrogens (tertiary/aromatic N) is 4. The number of aliphatic carboxylic acids is 1. The zero-order valence-electron chi connectivity index (χ0n) is 24.3. The van der Waals surface area contributed by atoms with Crippen molar-refractivity contribution in [2.75, 3.05) is 58.1 Å². The van der Waals surface area contributed by atoms with Gasteiger partial charge < -0.3 is 29.8 Å². The van der Waals surface area contributed by atoms with Crippen LogP contribution in [0.5, 0.6) is 0 Å². The average Bonchev–Trinajstić information content (AvgIpc) is 3.46. The summed E-state index contributed by atoms with van der Waals surface area (Å²) in [5.41, 5.74) is 8.17. The first-order valence-electron chi connectivity index (χ1n) is 14.5. The Hall–Kier alpha value is -2.66. The second kappa shape index (κ2) is 12.0. The Labute approximate surface area is 265 Å². The Balaban J connectivity index is 0.00000368. The lowest BCUT2D eigenvalue weighted by molar-refractivity contribution is -1.08. The number of carboxylic acid groups (broad SMARTS) is 1. The number of hydrogen-bond acceptors (Lipinski definition) is 7. The van der Waals surface area contributed by atoms with Crippen LogP contribution in [0, 0.1) is 23.7 Å². The maximum atomic E-state index is 12.5. The molecule has 0 saturated carbocycles. The number of primary amides is 1. The Morgan fingerprint density at radius 3 is 2.51 bits per heavy atom. The highest BCUT2D eigenvalue weighted by Crippen LogP contribution is 2.46. The molecule has 0 radical (unpaired) electrons. The van der Waals surface area contributed by atoms with Crippen molar-refractivity contribution in [3.05, 3.63) is 35.0 Å². The van der Waals surface area contributed by atoms with E-state index in [0.29, 0.717) is 17.9 Å². The molecule has 5 aliphatic rings. The van der Waals surface area contributed by atoms with Gasteiger partial charge >= 0.3 is 5.97 Å². The molecule has 4 atom stereocenters. The van der Waals surface area contributed by atoms with E-state index in [4.69, 9.17) is 10.7 Å². The number of aliphatic hydroxyl groups excluding tert-OH is 1. The Morgan fingerprint density at radius 1 is 1.21 bits per heavy atom. The molecule has 4 fully saturated rings. The number of rotatable bonds is 9. The number of nitrogens with two attached hydrogens (primary N) is 1. The number of thioether (sulfide) groups is 1. The molecule has 230 valence electrons. The highest BCUT2D eigenvalue weighted by atomic mass is 35.5. The number of aromatic nitrogens is 1. The molecule has 13 heteroatoms. The van der Waals surface area contributed by atoms with Gasteiger partial charge in [0.05, 0.1) is 40.6 Å². The normalized spacial score (nSPS) is 29.9. The van der Waals surface area contributed by atoms with Gasteiger partial charge in [0, 0.05) is 17.9 Å². The van der Waals surface area contributed by atoms with Crippen molar-refractivity contribution in [2.24, 2.45) is 17.6 Å². The monoisotopic (exact) mass is 647 g/mol. The number of β-lactam (4-membered cyclic amide) rings is 1. The van der Waals surface area contributed by atoms with Gasteiger partial charge in [-0.25, -0.2) is 9.78 Å². The number of aliphatic hydroxyl groups is 1. The highest BCUT2D eigenvalue weighted by Gasteiger charge is 2.59. The van der Waals surface area contributed by atoms with Gasteiger partial charge in [-0.3, -0.25) is 9.59 Å². The first-order chi connectivity index (χ1) is 20.0. The fraction of sp³-hybridized carbons (Fsp3) is 0.533. The van der Waals surface area contributed by atoms with Crippen LogP contribution in [0.1, 0.15) is 19.4 Å². The van der Waals surface area contributed by atoms with E-state index in [1.54, 1.807) is 18.3 Å². The minimum absolute atomic E-state index is 0. The number of carbonyl (C=O) groups excluding carboxylic acids is 2. The first kappa shape index (κ1) is 31.8. The molecule has 4 N–H and O–H groups in total. The molecule has 2 amide bonds. The number of carboxylic acids is 1. The molecule has 0 aliphatic carbocycles. The van der Waals surface area contributed by atoms with Crippen LogP contribution in [-0.2, 0) is 20.8 Å². The second-order valence-electron chi connectivity index (χ2n) is 12.3. The number of benzene rings is 1. The van der Waals surface area contributed by atoms with Gasteiger partial charge in [-0.15, -0.1) is 23.7 Å². The number of hydrogen-bond donors (Lipinski definition) is 3. The van der Waals surface area contributed by atoms with Crippen molar-refractivity contribution < 1.29 is 33.6 Å². The fourth-order valence-electron chi connectivity index (χ4n) is 7.34. The van der Waals surface area contributed by atoms with E-state index in [2.05, 4.69) is 30.0 Å². The Morgan fingerprint density at radius 2 is 1.88 bits per heavy atom. The summed E-state index contributed by atoms with van der Waals surface area (Å²) in [6, 6.07) is 6.17. The molecule has 7 rings (SSSR count). The number of thiazole rings is 1. The summed E-state index contributed by atoms with van der Waals surface area (Å²) in [4.78, 5) is 42.1. The minimum atomic E-state index is -1.17. The molecule has 2 aromatic rings. The van der Waals surface area contributed by atoms with Crippen LogP contribution >= 0.6 is 35.5 Å². The molecule has 1 aromatic heterocycles. The lowest BCUT2D eigenvalue weighted by Gasteiger charge is -2.55. The third-order valence-corrected chi connectivity index (χ3v) is 11.9. The second-order valence-corrected chi connectivity index (χ2v) is 14.6. The van der Waals surface area contributed by atoms with Crippen molar-refractivity contribution >= 4 is 63.5 Å². The predicted molar refractivity (Wildman–Crippen MR) is 167 cm³/mol. The molecular weight excluding hydrogens is 610 g/mol. The zero-order chi connectivity index (χ0) is 29.8. The maximum absolute atomic E-state index is 12.5. The summed E-state index contributed by atoms with van der Waals surface area (Å²) in [5, 5.41) is 19.8. The van der Waals surface area contributed by atoms with Gasteiger partial charge in [0.25, 0.3) is 5.91 Å². The zero-order valence-corrected chi connectivity index (χ0v) is 26.8. The molecule has 0 spiro atoms. The van der Waals surface area contributed by atoms with E-state index in [9.17, 15) is 24.6 Å². The van der Waals surface area contributed by atoms with E-state index in [1.807, 2.05) is 6.92 Å². The molecule has 5 aliphatic heterocycles. The van der Waals surface area contributed by atoms with Crippen molar-refractivity contribution in [1.29, 1.82) is 0 Å². The van der Waals surface area contributed by atoms with Gasteiger partial charge in [-0.1, -0.05) is 36.6 Å². The standard InChI is InChI=1S/C30H35N5O5S2.ClH/c1-18-21(27(29(39)40)33-26(18)25(19(2)36)28(33)38)4-3-15-41-30-32-22-16-20(5-6-23(22)42-30)7-8-34-9-12-35(13-10-34,14-11-34)17-24(31)37;/h5-6,16,18-19,25-26,36H,7-15,17H2,1-2H3,(H-2,31,37,39,40);1H/p+2/t18-,19?,25?,26?,34?,35?;/m0./s1. The number of quaternary nitrogens is 2. The number of piperazine rings is 3. The van der Waals surface area contributed by atoms with E-state index in [1.165, 1.54) is 22.2 Å². The summed E-state index contributed by atoms with van der Waals surface area (Å²) < 4.78 is 4.02. The summed E-state index contributed by atoms with van der Waals surface area (Å²) in [6.45, 7) is 11.4. The van der Waals surface area contributed by atoms with E-state index in [0.717, 1.165) is 75.8 Å². The van der Waals surface area contributed by atoms with Gasteiger partial charge in [-0.05, 0) is 24.6 Å². The van der Waals surface area contributed by atoms with Crippen LogP contribution < -0.4 is 5.73 Å². The Bertz CT molecular complexity index is 1540. The smallest absolute Gasteiger partial charge is 0.353 e. The largest absolute Gasteiger partial charge is 0.477 e. The van der Waals surface area contributed by atoms with Crippen molar-refractivity contribution in [3.63, 3.8) is 0 Å². The van der Waals surface area contributed by atoms with Gasteiger partial charge in [-0.2, -0.15) is 0 Å². The van der Waals surface area contributed by atoms with Gasteiger partial charge in [0.2, 0.25) is 5.91 Å². The van der Waals surface area contributed by atoms with Crippen molar-refractivity contribution in [1.82, 2.24) is 9.88 Å². The van der Waals surface area contributed by atoms with Crippen LogP contribution in [0.25, 0.3) is 10.2 Å². The maximum Gasteiger partial charge on any atom is 0.353 e. The lowest BCUT2D eigenvalue weighted by atomic mass is 9.78. The third-order valence-electron chi connectivity index (χ3n) is 9.81. The molecule has 3 unspecified atom stereocenters. The Kier molecular flexibility index (Phi) is 8.88. The molecule has 2 bridgehead atoms. The molecule has 1 aromatic carbocycles. The fourth-order valence-corrected chi connectivity index (χ4v) is 9.13. The highest BCUT2D eigenvalue weighted by molar-refractivity contribution is 8.01. The number of fused-ring (bicyclic) bond motifs is 5. The van der Waals surface area contributed by atoms with E-state index >= 15 is 0 Å². The number of amides is 2. The topological polar surface area (TPSA) is 134 Å². The summed E-state index contributed by atoms with van der Waals surface area (Å²) in [5.74, 6) is 4.02. The van der Waals surface area contributed by atoms with Crippen LogP contribution in [0.3, 0.4) is 0 Å². The SMILES string of the molecule is CC(O)C1C(=O)N2C(C(=O)O)=C(C#CCSc3nc4cc(CC[N+]56CC[N+](CC(N)=O)(CC5)CC6)ccc4s3)[C@H](C)C12.Cl. The summed E-state index contributed by atoms with van der Waals surface area (Å²) >= 11 is 3.15. The number of halogens is 1. The lowest BCUT2D eigenvalue weighted by Crippen LogP contribution is -2.76. The molecular formula is C30H38ClN5O5S2+2. The first-order valence-corrected chi connectivity index (χ1v) is 16.3. The van der Waals surface area contributed by atoms with Crippen molar-refractivity contribution in [3.8, 4) is 11.8 Å². The number of carbonyl (C=O) groups is 3. The third kappa shape index (κ3) is 5.79. The molecule has 4 saturated heterocycles. The molecule has 43 heavy (non-hydrogen) atoms. The molecule has 6 heterocycles. The van der Waals surface area contributed by atoms with Gasteiger partial charge in [0.15, 0.2) is 10.9 Å². The summed E-state index contributed by atoms with van der Waals surface area (Å²) in [6.07, 6.45) is 0.161. The van der Waals surface area contributed by atoms with Crippen LogP contribution in [0.15, 0.2) is 33.8 Å². The van der Waals surface area contributed by atoms with Gasteiger partial charge in [0.1, 0.15) is 45.0 Å². The van der Waals surface area contributed by atoms with Crippen LogP contribution in [0.4, 0.5) is 0 Å². The molecule has 10 nitrogen and oxygen atoms in total. The predicted octanol–water partition coefficient (Wildman–Crippen LogP) is 1.70. The van der Waals surface area contributed by atoms with Crippen LogP contribution in [-0.4, -0.2) is 117 Å². The quantitative estimate of drug-likeness (QED) is 0.163. The van der Waals surface area contributed by atoms with E-state index in [-0.39, 0.29) is 41.9 Å². The summed E-state index contributed by atoms with van der Waals surface area (Å²) in [7, 11) is 0. The van der Waals surface area contributed by atoms with Crippen LogP contribution in [0.2, 0.25) is 0 Å². The minimum Gasteiger partial charge on any atom is -0.477 e. The van der Waals surface area contributed by atoms with Crippen molar-refractivity contribution in [2.45, 2.75) is 36.8 Å². The van der Waals surface area contributed by atoms with E-state index < -0.39 is 18.0 Å². The average molecular weight is 648 g/mol.